The summed E-state index contributed by atoms with van der Waals surface area (Å²) >= 11 is 3.41. The topological polar surface area (TPSA) is 47.6 Å². The molecule has 4 nitrogen and oxygen atoms in total. The normalized spacial score (nSPS) is 10.0. The molecular formula is C16H16BrNO3. The van der Waals surface area contributed by atoms with Gasteiger partial charge in [-0.05, 0) is 23.8 Å². The van der Waals surface area contributed by atoms with E-state index in [-0.39, 0.29) is 5.91 Å². The van der Waals surface area contributed by atoms with Crippen molar-refractivity contribution in [3.63, 3.8) is 0 Å². The number of carbonyl (C=O) groups excluding carboxylic acids is 1. The minimum absolute atomic E-state index is 0.208. The Hall–Kier alpha value is -2.01. The Balaban J connectivity index is 2.28. The molecule has 0 atom stereocenters. The monoisotopic (exact) mass is 349 g/mol. The summed E-state index contributed by atoms with van der Waals surface area (Å²) in [5.74, 6) is 0.946. The lowest BCUT2D eigenvalue weighted by Gasteiger charge is -2.11. The fourth-order valence-corrected chi connectivity index (χ4v) is 2.38. The molecule has 0 bridgehead atoms. The molecule has 21 heavy (non-hydrogen) atoms. The van der Waals surface area contributed by atoms with Crippen LogP contribution < -0.4 is 14.8 Å². The van der Waals surface area contributed by atoms with Crippen LogP contribution in [0, 0.1) is 0 Å². The molecule has 2 rings (SSSR count). The van der Waals surface area contributed by atoms with E-state index in [1.54, 1.807) is 32.4 Å². The van der Waals surface area contributed by atoms with Gasteiger partial charge in [-0.2, -0.15) is 0 Å². The average Bonchev–Trinajstić information content (AvgIpc) is 2.54. The third kappa shape index (κ3) is 3.76. The van der Waals surface area contributed by atoms with Gasteiger partial charge in [0.2, 0.25) is 0 Å². The van der Waals surface area contributed by atoms with Gasteiger partial charge in [-0.1, -0.05) is 34.1 Å². The highest BCUT2D eigenvalue weighted by Gasteiger charge is 2.11. The molecule has 0 radical (unpaired) electrons. The number of para-hydroxylation sites is 1. The molecule has 2 aromatic rings. The van der Waals surface area contributed by atoms with E-state index in [0.717, 1.165) is 11.3 Å². The van der Waals surface area contributed by atoms with E-state index in [9.17, 15) is 4.79 Å². The number of methoxy groups -OCH3 is 2. The number of amides is 1. The first kappa shape index (κ1) is 15.4. The summed E-state index contributed by atoms with van der Waals surface area (Å²) in [6.07, 6.45) is 0. The molecular weight excluding hydrogens is 334 g/mol. The maximum absolute atomic E-state index is 12.4. The van der Waals surface area contributed by atoms with Gasteiger partial charge in [0.15, 0.2) is 0 Å². The third-order valence-corrected chi connectivity index (χ3v) is 3.63. The van der Waals surface area contributed by atoms with E-state index in [4.69, 9.17) is 9.47 Å². The number of halogens is 1. The number of rotatable bonds is 5. The average molecular weight is 350 g/mol. The highest BCUT2D eigenvalue weighted by atomic mass is 79.9. The zero-order valence-electron chi connectivity index (χ0n) is 11.9. The van der Waals surface area contributed by atoms with Gasteiger partial charge in [0.05, 0.1) is 14.2 Å². The lowest BCUT2D eigenvalue weighted by atomic mass is 10.1. The van der Waals surface area contributed by atoms with E-state index in [2.05, 4.69) is 21.2 Å². The van der Waals surface area contributed by atoms with Crippen molar-refractivity contribution in [2.75, 3.05) is 19.5 Å². The van der Waals surface area contributed by atoms with Crippen molar-refractivity contribution < 1.29 is 14.3 Å². The van der Waals surface area contributed by atoms with Crippen molar-refractivity contribution in [2.24, 2.45) is 0 Å². The number of anilines is 1. The Morgan fingerprint density at radius 2 is 1.71 bits per heavy atom. The van der Waals surface area contributed by atoms with Crippen LogP contribution in [-0.4, -0.2) is 20.1 Å². The summed E-state index contributed by atoms with van der Waals surface area (Å²) in [7, 11) is 3.10. The molecule has 0 aliphatic heterocycles. The molecule has 0 saturated heterocycles. The standard InChI is InChI=1S/C16H16BrNO3/c1-20-13-7-12(8-14(9-13)21-2)16(19)18-15-6-4-3-5-11(15)10-17/h3-9H,10H2,1-2H3,(H,18,19). The van der Waals surface area contributed by atoms with Crippen LogP contribution >= 0.6 is 15.9 Å². The SMILES string of the molecule is COc1cc(OC)cc(C(=O)Nc2ccccc2CBr)c1. The zero-order valence-corrected chi connectivity index (χ0v) is 13.4. The minimum atomic E-state index is -0.208. The Morgan fingerprint density at radius 1 is 1.10 bits per heavy atom. The number of hydrogen-bond donors (Lipinski definition) is 1. The summed E-state index contributed by atoms with van der Waals surface area (Å²) in [6.45, 7) is 0. The highest BCUT2D eigenvalue weighted by Crippen LogP contribution is 2.24. The number of alkyl halides is 1. The summed E-state index contributed by atoms with van der Waals surface area (Å²) in [5.41, 5.74) is 2.28. The Labute approximate surface area is 132 Å². The van der Waals surface area contributed by atoms with Gasteiger partial charge in [-0.15, -0.1) is 0 Å². The molecule has 0 aliphatic carbocycles. The van der Waals surface area contributed by atoms with E-state index >= 15 is 0 Å². The molecule has 0 fully saturated rings. The molecule has 1 amide bonds. The number of ether oxygens (including phenoxy) is 2. The molecule has 0 heterocycles. The van der Waals surface area contributed by atoms with E-state index < -0.39 is 0 Å². The summed E-state index contributed by atoms with van der Waals surface area (Å²) < 4.78 is 10.4. The lowest BCUT2D eigenvalue weighted by molar-refractivity contribution is 0.102. The molecule has 0 saturated carbocycles. The second kappa shape index (κ2) is 7.13. The van der Waals surface area contributed by atoms with Gasteiger partial charge < -0.3 is 14.8 Å². The minimum Gasteiger partial charge on any atom is -0.497 e. The van der Waals surface area contributed by atoms with Crippen LogP contribution in [0.25, 0.3) is 0 Å². The Bertz CT molecular complexity index is 621. The summed E-state index contributed by atoms with van der Waals surface area (Å²) in [5, 5.41) is 3.57. The lowest BCUT2D eigenvalue weighted by Crippen LogP contribution is -2.13. The van der Waals surface area contributed by atoms with Crippen LogP contribution in [0.3, 0.4) is 0 Å². The van der Waals surface area contributed by atoms with Crippen molar-refractivity contribution in [3.05, 3.63) is 53.6 Å². The van der Waals surface area contributed by atoms with E-state index in [1.807, 2.05) is 24.3 Å². The van der Waals surface area contributed by atoms with Crippen LogP contribution in [0.4, 0.5) is 5.69 Å². The number of nitrogens with one attached hydrogen (secondary N) is 1. The van der Waals surface area contributed by atoms with Crippen LogP contribution in [0.5, 0.6) is 11.5 Å². The molecule has 1 N–H and O–H groups in total. The second-order valence-electron chi connectivity index (χ2n) is 4.35. The van der Waals surface area contributed by atoms with Crippen LogP contribution in [-0.2, 0) is 5.33 Å². The van der Waals surface area contributed by atoms with E-state index in [0.29, 0.717) is 22.4 Å². The van der Waals surface area contributed by atoms with Crippen molar-refractivity contribution >= 4 is 27.5 Å². The zero-order chi connectivity index (χ0) is 15.2. The maximum Gasteiger partial charge on any atom is 0.255 e. The van der Waals surface area contributed by atoms with E-state index in [1.165, 1.54) is 0 Å². The van der Waals surface area contributed by atoms with Gasteiger partial charge >= 0.3 is 0 Å². The largest absolute Gasteiger partial charge is 0.497 e. The molecule has 0 aromatic heterocycles. The predicted molar refractivity (Wildman–Crippen MR) is 86.6 cm³/mol. The smallest absolute Gasteiger partial charge is 0.255 e. The molecule has 0 aliphatic rings. The van der Waals surface area contributed by atoms with Crippen LogP contribution in [0.1, 0.15) is 15.9 Å². The summed E-state index contributed by atoms with van der Waals surface area (Å²) in [6, 6.07) is 12.7. The fraction of sp³-hybridized carbons (Fsp3) is 0.188. The van der Waals surface area contributed by atoms with Crippen molar-refractivity contribution in [1.29, 1.82) is 0 Å². The molecule has 110 valence electrons. The maximum atomic E-state index is 12.4. The first-order chi connectivity index (χ1) is 10.2. The van der Waals surface area contributed by atoms with Gasteiger partial charge in [-0.25, -0.2) is 0 Å². The van der Waals surface area contributed by atoms with Gasteiger partial charge in [0.1, 0.15) is 11.5 Å². The van der Waals surface area contributed by atoms with Gasteiger partial charge in [0.25, 0.3) is 5.91 Å². The van der Waals surface area contributed by atoms with Gasteiger partial charge in [0, 0.05) is 22.6 Å². The van der Waals surface area contributed by atoms with Gasteiger partial charge in [-0.3, -0.25) is 4.79 Å². The molecule has 2 aromatic carbocycles. The van der Waals surface area contributed by atoms with Crippen molar-refractivity contribution in [2.45, 2.75) is 5.33 Å². The van der Waals surface area contributed by atoms with Crippen LogP contribution in [0.2, 0.25) is 0 Å². The predicted octanol–water partition coefficient (Wildman–Crippen LogP) is 3.85. The number of hydrogen-bond acceptors (Lipinski definition) is 3. The first-order valence-electron chi connectivity index (χ1n) is 6.36. The first-order valence-corrected chi connectivity index (χ1v) is 7.48. The molecule has 0 spiro atoms. The highest BCUT2D eigenvalue weighted by molar-refractivity contribution is 9.08. The number of carbonyl (C=O) groups is 1. The van der Waals surface area contributed by atoms with Crippen LogP contribution in [0.15, 0.2) is 42.5 Å². The number of benzene rings is 2. The van der Waals surface area contributed by atoms with Crippen molar-refractivity contribution in [3.8, 4) is 11.5 Å². The quantitative estimate of drug-likeness (QED) is 0.834. The molecule has 5 heteroatoms. The Kier molecular flexibility index (Phi) is 5.22. The fourth-order valence-electron chi connectivity index (χ4n) is 1.89. The summed E-state index contributed by atoms with van der Waals surface area (Å²) in [4.78, 5) is 12.4. The molecule has 0 unspecified atom stereocenters. The van der Waals surface area contributed by atoms with Crippen molar-refractivity contribution in [1.82, 2.24) is 0 Å². The second-order valence-corrected chi connectivity index (χ2v) is 4.91. The third-order valence-electron chi connectivity index (χ3n) is 3.02. The Morgan fingerprint density at radius 3 is 2.29 bits per heavy atom.